The van der Waals surface area contributed by atoms with Crippen molar-refractivity contribution in [3.63, 3.8) is 0 Å². The predicted molar refractivity (Wildman–Crippen MR) is 63.9 cm³/mol. The molecule has 1 rings (SSSR count). The molecule has 2 N–H and O–H groups in total. The number of nitrogen functional groups attached to an aromatic ring is 1. The second kappa shape index (κ2) is 7.59. The average Bonchev–Trinajstić information content (AvgIpc) is 2.34. The Hall–Kier alpha value is -1.96. The van der Waals surface area contributed by atoms with Crippen molar-refractivity contribution < 1.29 is 32.2 Å². The van der Waals surface area contributed by atoms with E-state index in [-0.39, 0.29) is 13.0 Å². The lowest BCUT2D eigenvalue weighted by Crippen LogP contribution is -2.19. The standard InChI is InChI=1S/C12H14F3NO4/c13-12(14,15)20-7-6-19-11(17)4-5-18-10-3-1-2-9(16)8-10/h1-3,8H,4-7,16H2. The van der Waals surface area contributed by atoms with Gasteiger partial charge in [-0.1, -0.05) is 6.07 Å². The van der Waals surface area contributed by atoms with Crippen LogP contribution >= 0.6 is 0 Å². The second-order valence-corrected chi connectivity index (χ2v) is 3.69. The van der Waals surface area contributed by atoms with E-state index in [0.29, 0.717) is 11.4 Å². The molecule has 0 aliphatic carbocycles. The van der Waals surface area contributed by atoms with Crippen LogP contribution in [0.1, 0.15) is 6.42 Å². The van der Waals surface area contributed by atoms with Crippen LogP contribution in [-0.4, -0.2) is 32.2 Å². The van der Waals surface area contributed by atoms with Crippen LogP contribution in [-0.2, 0) is 14.3 Å². The van der Waals surface area contributed by atoms with Gasteiger partial charge in [-0.3, -0.25) is 9.53 Å². The van der Waals surface area contributed by atoms with Crippen LogP contribution < -0.4 is 10.5 Å². The molecule has 112 valence electrons. The fourth-order valence-corrected chi connectivity index (χ4v) is 1.24. The van der Waals surface area contributed by atoms with Gasteiger partial charge in [-0.2, -0.15) is 0 Å². The lowest BCUT2D eigenvalue weighted by Gasteiger charge is -2.09. The van der Waals surface area contributed by atoms with E-state index in [4.69, 9.17) is 10.5 Å². The van der Waals surface area contributed by atoms with E-state index in [2.05, 4.69) is 9.47 Å². The highest BCUT2D eigenvalue weighted by molar-refractivity contribution is 5.69. The van der Waals surface area contributed by atoms with Crippen molar-refractivity contribution in [2.45, 2.75) is 12.8 Å². The van der Waals surface area contributed by atoms with Crippen LogP contribution in [0.5, 0.6) is 5.75 Å². The van der Waals surface area contributed by atoms with Crippen LogP contribution in [0.2, 0.25) is 0 Å². The Kier molecular flexibility index (Phi) is 6.10. The number of anilines is 1. The van der Waals surface area contributed by atoms with Gasteiger partial charge in [-0.25, -0.2) is 0 Å². The maximum atomic E-state index is 11.6. The van der Waals surface area contributed by atoms with Gasteiger partial charge in [0.25, 0.3) is 0 Å². The topological polar surface area (TPSA) is 70.8 Å². The molecule has 0 saturated carbocycles. The summed E-state index contributed by atoms with van der Waals surface area (Å²) in [7, 11) is 0. The van der Waals surface area contributed by atoms with Gasteiger partial charge in [0.2, 0.25) is 0 Å². The summed E-state index contributed by atoms with van der Waals surface area (Å²) in [6.07, 6.45) is -4.80. The lowest BCUT2D eigenvalue weighted by atomic mass is 10.3. The van der Waals surface area contributed by atoms with Gasteiger partial charge in [0.05, 0.1) is 19.6 Å². The largest absolute Gasteiger partial charge is 0.522 e. The zero-order valence-electron chi connectivity index (χ0n) is 10.5. The molecular formula is C12H14F3NO4. The first kappa shape index (κ1) is 16.1. The molecule has 0 spiro atoms. The van der Waals surface area contributed by atoms with Crippen molar-refractivity contribution in [1.29, 1.82) is 0 Å². The number of ether oxygens (including phenoxy) is 3. The third kappa shape index (κ3) is 7.47. The average molecular weight is 293 g/mol. The molecule has 0 aliphatic rings. The Labute approximate surface area is 113 Å². The van der Waals surface area contributed by atoms with Crippen molar-refractivity contribution in [3.05, 3.63) is 24.3 Å². The number of nitrogens with two attached hydrogens (primary N) is 1. The molecule has 0 aromatic heterocycles. The van der Waals surface area contributed by atoms with E-state index >= 15 is 0 Å². The van der Waals surface area contributed by atoms with E-state index in [1.54, 1.807) is 24.3 Å². The van der Waals surface area contributed by atoms with E-state index in [1.807, 2.05) is 0 Å². The Morgan fingerprint density at radius 1 is 1.20 bits per heavy atom. The summed E-state index contributed by atoms with van der Waals surface area (Å²) in [5.74, 6) is -0.169. The Balaban J connectivity index is 2.11. The molecule has 0 unspecified atom stereocenters. The molecule has 5 nitrogen and oxygen atoms in total. The molecule has 1 aromatic rings. The Morgan fingerprint density at radius 2 is 1.95 bits per heavy atom. The fourth-order valence-electron chi connectivity index (χ4n) is 1.24. The Bertz CT molecular complexity index is 437. The third-order valence-electron chi connectivity index (χ3n) is 2.05. The van der Waals surface area contributed by atoms with Gasteiger partial charge >= 0.3 is 12.3 Å². The van der Waals surface area contributed by atoms with Gasteiger partial charge in [-0.05, 0) is 12.1 Å². The van der Waals surface area contributed by atoms with Gasteiger partial charge < -0.3 is 15.2 Å². The summed E-state index contributed by atoms with van der Waals surface area (Å²) in [6, 6.07) is 6.63. The highest BCUT2D eigenvalue weighted by Crippen LogP contribution is 2.16. The summed E-state index contributed by atoms with van der Waals surface area (Å²) in [6.45, 7) is -1.15. The molecule has 8 heteroatoms. The summed E-state index contributed by atoms with van der Waals surface area (Å²) >= 11 is 0. The van der Waals surface area contributed by atoms with Gasteiger partial charge in [0.15, 0.2) is 0 Å². The van der Waals surface area contributed by atoms with Crippen molar-refractivity contribution in [3.8, 4) is 5.75 Å². The fraction of sp³-hybridized carbons (Fsp3) is 0.417. The summed E-state index contributed by atoms with van der Waals surface area (Å²) in [5.41, 5.74) is 6.05. The van der Waals surface area contributed by atoms with E-state index in [0.717, 1.165) is 0 Å². The smallest absolute Gasteiger partial charge is 0.493 e. The number of carbonyl (C=O) groups excluding carboxylic acids is 1. The quantitative estimate of drug-likeness (QED) is 0.473. The number of alkyl halides is 3. The molecular weight excluding hydrogens is 279 g/mol. The minimum Gasteiger partial charge on any atom is -0.493 e. The van der Waals surface area contributed by atoms with E-state index in [1.165, 1.54) is 0 Å². The second-order valence-electron chi connectivity index (χ2n) is 3.69. The van der Waals surface area contributed by atoms with Crippen molar-refractivity contribution in [2.24, 2.45) is 0 Å². The molecule has 0 bridgehead atoms. The summed E-state index contributed by atoms with van der Waals surface area (Å²) in [4.78, 5) is 11.2. The van der Waals surface area contributed by atoms with Crippen molar-refractivity contribution in [2.75, 3.05) is 25.6 Å². The molecule has 0 aliphatic heterocycles. The minimum absolute atomic E-state index is 0.0441. The van der Waals surface area contributed by atoms with Crippen LogP contribution in [0, 0.1) is 0 Å². The monoisotopic (exact) mass is 293 g/mol. The maximum absolute atomic E-state index is 11.6. The highest BCUT2D eigenvalue weighted by Gasteiger charge is 2.28. The number of rotatable bonds is 7. The van der Waals surface area contributed by atoms with Crippen molar-refractivity contribution in [1.82, 2.24) is 0 Å². The van der Waals surface area contributed by atoms with Crippen molar-refractivity contribution >= 4 is 11.7 Å². The first-order chi connectivity index (χ1) is 9.37. The molecule has 0 amide bonds. The van der Waals surface area contributed by atoms with Crippen LogP contribution in [0.4, 0.5) is 18.9 Å². The lowest BCUT2D eigenvalue weighted by molar-refractivity contribution is -0.326. The SMILES string of the molecule is Nc1cccc(OCCC(=O)OCCOC(F)(F)F)c1. The van der Waals surface area contributed by atoms with Crippen LogP contribution in [0.25, 0.3) is 0 Å². The number of hydrogen-bond acceptors (Lipinski definition) is 5. The number of hydrogen-bond donors (Lipinski definition) is 1. The highest BCUT2D eigenvalue weighted by atomic mass is 19.4. The number of esters is 1. The minimum atomic E-state index is -4.72. The molecule has 0 heterocycles. The first-order valence-corrected chi connectivity index (χ1v) is 5.71. The first-order valence-electron chi connectivity index (χ1n) is 5.71. The molecule has 1 aromatic carbocycles. The molecule has 0 radical (unpaired) electrons. The molecule has 20 heavy (non-hydrogen) atoms. The van der Waals surface area contributed by atoms with Gasteiger partial charge in [0.1, 0.15) is 12.4 Å². The third-order valence-corrected chi connectivity index (χ3v) is 2.05. The predicted octanol–water partition coefficient (Wildman–Crippen LogP) is 2.12. The zero-order chi connectivity index (χ0) is 15.0. The summed E-state index contributed by atoms with van der Waals surface area (Å²) in [5, 5.41) is 0. The van der Waals surface area contributed by atoms with E-state index in [9.17, 15) is 18.0 Å². The zero-order valence-corrected chi connectivity index (χ0v) is 10.5. The number of halogens is 3. The summed E-state index contributed by atoms with van der Waals surface area (Å²) < 4.78 is 48.0. The van der Waals surface area contributed by atoms with Crippen LogP contribution in [0.15, 0.2) is 24.3 Å². The van der Waals surface area contributed by atoms with Gasteiger partial charge in [0, 0.05) is 11.8 Å². The molecule has 0 saturated heterocycles. The molecule has 0 fully saturated rings. The Morgan fingerprint density at radius 3 is 2.60 bits per heavy atom. The normalized spacial score (nSPS) is 11.2. The van der Waals surface area contributed by atoms with Crippen LogP contribution in [0.3, 0.4) is 0 Å². The van der Waals surface area contributed by atoms with Gasteiger partial charge in [-0.15, -0.1) is 13.2 Å². The number of benzene rings is 1. The molecule has 0 atom stereocenters. The van der Waals surface area contributed by atoms with E-state index < -0.39 is 25.5 Å². The number of carbonyl (C=O) groups is 1. The maximum Gasteiger partial charge on any atom is 0.522 e.